The van der Waals surface area contributed by atoms with E-state index in [-0.39, 0.29) is 5.91 Å². The molecule has 2 aromatic rings. The Bertz CT molecular complexity index is 659. The van der Waals surface area contributed by atoms with Gasteiger partial charge in [0.1, 0.15) is 5.75 Å². The van der Waals surface area contributed by atoms with E-state index >= 15 is 0 Å². The molecule has 24 heavy (non-hydrogen) atoms. The molecule has 1 N–H and O–H groups in total. The number of carbonyl (C=O) groups excluding carboxylic acids is 1. The van der Waals surface area contributed by atoms with E-state index in [9.17, 15) is 4.79 Å². The van der Waals surface area contributed by atoms with Crippen LogP contribution in [-0.4, -0.2) is 46.5 Å². The third-order valence-corrected chi connectivity index (χ3v) is 5.23. The zero-order valence-corrected chi connectivity index (χ0v) is 15.7. The quantitative estimate of drug-likeness (QED) is 0.684. The van der Waals surface area contributed by atoms with Gasteiger partial charge >= 0.3 is 0 Å². The van der Waals surface area contributed by atoms with Gasteiger partial charge in [-0.25, -0.2) is 0 Å². The maximum atomic E-state index is 12.0. The molecule has 0 aliphatic heterocycles. The molecule has 0 aliphatic rings. The van der Waals surface area contributed by atoms with Gasteiger partial charge < -0.3 is 15.0 Å². The number of amides is 1. The van der Waals surface area contributed by atoms with E-state index in [1.165, 1.54) is 23.1 Å². The monoisotopic (exact) mass is 366 g/mol. The van der Waals surface area contributed by atoms with Gasteiger partial charge in [-0.05, 0) is 32.9 Å². The first kappa shape index (κ1) is 18.5. The summed E-state index contributed by atoms with van der Waals surface area (Å²) in [5.74, 6) is 1.28. The first-order valence-corrected chi connectivity index (χ1v) is 9.71. The van der Waals surface area contributed by atoms with Crippen LogP contribution >= 0.6 is 23.1 Å². The molecule has 0 bridgehead atoms. The van der Waals surface area contributed by atoms with Crippen molar-refractivity contribution in [2.75, 3.05) is 30.8 Å². The zero-order valence-electron chi connectivity index (χ0n) is 14.1. The van der Waals surface area contributed by atoms with Gasteiger partial charge in [0, 0.05) is 13.1 Å². The molecule has 1 aromatic carbocycles. The van der Waals surface area contributed by atoms with Crippen molar-refractivity contribution >= 4 is 39.8 Å². The Morgan fingerprint density at radius 2 is 2.00 bits per heavy atom. The number of para-hydroxylation sites is 2. The standard InChI is InChI=1S/C16H22N4O2S2/c1-4-20(5-2)14(21)11-23-16-19-18-15(24-16)17-12-9-7-8-10-13(12)22-6-3/h7-10H,4-6,11H2,1-3H3,(H,17,18). The average Bonchev–Trinajstić information content (AvgIpc) is 3.03. The topological polar surface area (TPSA) is 67.3 Å². The molecule has 8 heteroatoms. The highest BCUT2D eigenvalue weighted by molar-refractivity contribution is 8.01. The van der Waals surface area contributed by atoms with Crippen molar-refractivity contribution in [2.45, 2.75) is 25.1 Å². The van der Waals surface area contributed by atoms with Crippen LogP contribution in [0.4, 0.5) is 10.8 Å². The number of rotatable bonds is 9. The molecule has 0 unspecified atom stereocenters. The summed E-state index contributed by atoms with van der Waals surface area (Å²) < 4.78 is 6.35. The summed E-state index contributed by atoms with van der Waals surface area (Å²) >= 11 is 2.84. The fourth-order valence-electron chi connectivity index (χ4n) is 2.08. The highest BCUT2D eigenvalue weighted by Crippen LogP contribution is 2.31. The number of ether oxygens (including phenoxy) is 1. The molecule has 0 fully saturated rings. The van der Waals surface area contributed by atoms with Crippen LogP contribution in [0.3, 0.4) is 0 Å². The lowest BCUT2D eigenvalue weighted by Gasteiger charge is -2.17. The molecule has 0 radical (unpaired) electrons. The number of nitrogens with one attached hydrogen (secondary N) is 1. The van der Waals surface area contributed by atoms with Crippen molar-refractivity contribution in [3.63, 3.8) is 0 Å². The molecule has 1 aromatic heterocycles. The zero-order chi connectivity index (χ0) is 17.4. The van der Waals surface area contributed by atoms with Crippen LogP contribution in [0.2, 0.25) is 0 Å². The maximum Gasteiger partial charge on any atom is 0.233 e. The largest absolute Gasteiger partial charge is 0.492 e. The highest BCUT2D eigenvalue weighted by atomic mass is 32.2. The van der Waals surface area contributed by atoms with E-state index in [0.29, 0.717) is 17.5 Å². The lowest BCUT2D eigenvalue weighted by atomic mass is 10.3. The highest BCUT2D eigenvalue weighted by Gasteiger charge is 2.13. The number of hydrogen-bond donors (Lipinski definition) is 1. The minimum absolute atomic E-state index is 0.122. The average molecular weight is 367 g/mol. The molecule has 0 saturated carbocycles. The van der Waals surface area contributed by atoms with Gasteiger partial charge in [-0.2, -0.15) is 0 Å². The predicted octanol–water partition coefficient (Wildman–Crippen LogP) is 3.64. The first-order valence-electron chi connectivity index (χ1n) is 7.90. The number of aromatic nitrogens is 2. The van der Waals surface area contributed by atoms with E-state index in [2.05, 4.69) is 15.5 Å². The van der Waals surface area contributed by atoms with Crippen molar-refractivity contribution in [3.05, 3.63) is 24.3 Å². The summed E-state index contributed by atoms with van der Waals surface area (Å²) in [6.45, 7) is 7.97. The summed E-state index contributed by atoms with van der Waals surface area (Å²) in [5.41, 5.74) is 0.853. The second kappa shape index (κ2) is 9.48. The van der Waals surface area contributed by atoms with Crippen LogP contribution < -0.4 is 10.1 Å². The van der Waals surface area contributed by atoms with Gasteiger partial charge in [0.15, 0.2) is 4.34 Å². The van der Waals surface area contributed by atoms with Crippen molar-refractivity contribution in [1.82, 2.24) is 15.1 Å². The molecule has 0 spiro atoms. The smallest absolute Gasteiger partial charge is 0.233 e. The van der Waals surface area contributed by atoms with Gasteiger partial charge in [0.2, 0.25) is 11.0 Å². The third kappa shape index (κ3) is 5.10. The van der Waals surface area contributed by atoms with Crippen molar-refractivity contribution in [1.29, 1.82) is 0 Å². The van der Waals surface area contributed by atoms with Crippen molar-refractivity contribution < 1.29 is 9.53 Å². The molecular weight excluding hydrogens is 344 g/mol. The number of carbonyl (C=O) groups is 1. The summed E-state index contributed by atoms with van der Waals surface area (Å²) in [7, 11) is 0. The Morgan fingerprint density at radius 1 is 1.25 bits per heavy atom. The van der Waals surface area contributed by atoms with Gasteiger partial charge in [-0.15, -0.1) is 10.2 Å². The number of anilines is 2. The molecule has 0 aliphatic carbocycles. The van der Waals surface area contributed by atoms with Crippen LogP contribution in [0, 0.1) is 0 Å². The van der Waals surface area contributed by atoms with Gasteiger partial charge in [0.25, 0.3) is 0 Å². The second-order valence-corrected chi connectivity index (χ2v) is 6.98. The van der Waals surface area contributed by atoms with E-state index < -0.39 is 0 Å². The Balaban J connectivity index is 1.95. The summed E-state index contributed by atoms with van der Waals surface area (Å²) in [4.78, 5) is 13.8. The molecule has 0 atom stereocenters. The molecule has 2 rings (SSSR count). The fourth-order valence-corrected chi connectivity index (χ4v) is 3.74. The third-order valence-electron chi connectivity index (χ3n) is 3.27. The second-order valence-electron chi connectivity index (χ2n) is 4.78. The molecule has 130 valence electrons. The number of hydrogen-bond acceptors (Lipinski definition) is 7. The Labute approximate surface area is 150 Å². The van der Waals surface area contributed by atoms with Gasteiger partial charge in [0.05, 0.1) is 18.0 Å². The number of thioether (sulfide) groups is 1. The minimum Gasteiger partial charge on any atom is -0.492 e. The fraction of sp³-hybridized carbons (Fsp3) is 0.438. The molecule has 6 nitrogen and oxygen atoms in total. The maximum absolute atomic E-state index is 12.0. The van der Waals surface area contributed by atoms with Crippen LogP contribution in [0.1, 0.15) is 20.8 Å². The van der Waals surface area contributed by atoms with Crippen molar-refractivity contribution in [3.8, 4) is 5.75 Å². The number of benzene rings is 1. The molecular formula is C16H22N4O2S2. The predicted molar refractivity (Wildman–Crippen MR) is 99.5 cm³/mol. The molecule has 1 amide bonds. The lowest BCUT2D eigenvalue weighted by Crippen LogP contribution is -2.31. The van der Waals surface area contributed by atoms with Crippen LogP contribution in [0.5, 0.6) is 5.75 Å². The van der Waals surface area contributed by atoms with Crippen LogP contribution in [0.15, 0.2) is 28.6 Å². The van der Waals surface area contributed by atoms with Gasteiger partial charge in [-0.1, -0.05) is 35.2 Å². The minimum atomic E-state index is 0.122. The summed E-state index contributed by atoms with van der Waals surface area (Å²) in [6.07, 6.45) is 0. The van der Waals surface area contributed by atoms with Crippen LogP contribution in [-0.2, 0) is 4.79 Å². The van der Waals surface area contributed by atoms with E-state index in [1.54, 1.807) is 0 Å². The first-order chi connectivity index (χ1) is 11.7. The number of nitrogens with zero attached hydrogens (tertiary/aromatic N) is 3. The van der Waals surface area contributed by atoms with E-state index in [0.717, 1.165) is 28.9 Å². The SMILES string of the molecule is CCOc1ccccc1Nc1nnc(SCC(=O)N(CC)CC)s1. The lowest BCUT2D eigenvalue weighted by molar-refractivity contribution is -0.127. The normalized spacial score (nSPS) is 10.5. The Hall–Kier alpha value is -1.80. The molecule has 0 saturated heterocycles. The Morgan fingerprint density at radius 3 is 2.71 bits per heavy atom. The van der Waals surface area contributed by atoms with Crippen molar-refractivity contribution in [2.24, 2.45) is 0 Å². The molecule has 1 heterocycles. The van der Waals surface area contributed by atoms with E-state index in [4.69, 9.17) is 4.74 Å². The summed E-state index contributed by atoms with van der Waals surface area (Å²) in [6, 6.07) is 7.70. The summed E-state index contributed by atoms with van der Waals surface area (Å²) in [5, 5.41) is 12.2. The Kier molecular flexibility index (Phi) is 7.33. The van der Waals surface area contributed by atoms with E-state index in [1.807, 2.05) is 49.9 Å². The van der Waals surface area contributed by atoms with Gasteiger partial charge in [-0.3, -0.25) is 4.79 Å². The van der Waals surface area contributed by atoms with Crippen LogP contribution in [0.25, 0.3) is 0 Å².